The molecule has 1 N–H and O–H groups in total. The lowest BCUT2D eigenvalue weighted by Gasteiger charge is -2.30. The van der Waals surface area contributed by atoms with Crippen molar-refractivity contribution in [1.29, 1.82) is 0 Å². The minimum Gasteiger partial charge on any atom is -0.493 e. The van der Waals surface area contributed by atoms with E-state index in [4.69, 9.17) is 11.2 Å². The van der Waals surface area contributed by atoms with Gasteiger partial charge in [0, 0.05) is 35.7 Å². The first-order chi connectivity index (χ1) is 17.0. The molecule has 0 saturated carbocycles. The number of aromatic nitrogens is 3. The lowest BCUT2D eigenvalue weighted by atomic mass is 9.95. The maximum Gasteiger partial charge on any atom is 0.320 e. The van der Waals surface area contributed by atoms with E-state index in [1.807, 2.05) is 24.3 Å². The molecule has 35 heavy (non-hydrogen) atoms. The molecule has 8 heteroatoms. The molecule has 2 saturated heterocycles. The van der Waals surface area contributed by atoms with Gasteiger partial charge in [-0.1, -0.05) is 36.3 Å². The number of aromatic hydroxyl groups is 1. The van der Waals surface area contributed by atoms with Gasteiger partial charge in [-0.15, -0.1) is 6.42 Å². The van der Waals surface area contributed by atoms with Crippen LogP contribution in [0.25, 0.3) is 32.9 Å². The summed E-state index contributed by atoms with van der Waals surface area (Å²) in [7, 11) is 0. The van der Waals surface area contributed by atoms with Crippen molar-refractivity contribution in [2.45, 2.75) is 31.0 Å². The number of alkyl halides is 1. The Kier molecular flexibility index (Phi) is 5.04. The number of fused-ring (bicyclic) bond motifs is 3. The highest BCUT2D eigenvalue weighted by Gasteiger charge is 2.49. The highest BCUT2D eigenvalue weighted by molar-refractivity contribution is 6.01. The van der Waals surface area contributed by atoms with E-state index >= 15 is 4.39 Å². The number of terminal acetylenes is 1. The zero-order valence-electron chi connectivity index (χ0n) is 18.8. The zero-order chi connectivity index (χ0) is 24.2. The second kappa shape index (κ2) is 8.14. The summed E-state index contributed by atoms with van der Waals surface area (Å²) in [5, 5.41) is 12.1. The molecule has 0 bridgehead atoms. The molecule has 0 aliphatic carbocycles. The van der Waals surface area contributed by atoms with Gasteiger partial charge >= 0.3 is 6.01 Å². The van der Waals surface area contributed by atoms with E-state index in [9.17, 15) is 9.50 Å². The highest BCUT2D eigenvalue weighted by Crippen LogP contribution is 2.41. The number of nitrogens with zero attached hydrogens (tertiary/aromatic N) is 4. The molecule has 0 unspecified atom stereocenters. The number of rotatable bonds is 4. The number of pyridine rings is 1. The van der Waals surface area contributed by atoms with Gasteiger partial charge in [0.05, 0.1) is 10.9 Å². The molecule has 2 aliphatic heterocycles. The Hall–Kier alpha value is -3.83. The van der Waals surface area contributed by atoms with Gasteiger partial charge in [-0.2, -0.15) is 9.97 Å². The lowest BCUT2D eigenvalue weighted by Crippen LogP contribution is -2.43. The minimum absolute atomic E-state index is 0.0616. The summed E-state index contributed by atoms with van der Waals surface area (Å²) in [6.45, 7) is 1.39. The van der Waals surface area contributed by atoms with Crippen LogP contribution in [0.15, 0.2) is 42.6 Å². The number of halogens is 2. The van der Waals surface area contributed by atoms with Crippen LogP contribution in [0.5, 0.6) is 11.9 Å². The largest absolute Gasteiger partial charge is 0.493 e. The monoisotopic (exact) mass is 472 g/mol. The second-order valence-corrected chi connectivity index (χ2v) is 9.23. The van der Waals surface area contributed by atoms with Gasteiger partial charge < -0.3 is 9.84 Å². The van der Waals surface area contributed by atoms with Crippen LogP contribution >= 0.6 is 0 Å². The molecule has 4 aromatic rings. The summed E-state index contributed by atoms with van der Waals surface area (Å²) < 4.78 is 35.8. The first-order valence-electron chi connectivity index (χ1n) is 11.5. The molecular formula is C27H22F2N4O2. The third kappa shape index (κ3) is 3.46. The molecular weight excluding hydrogens is 450 g/mol. The van der Waals surface area contributed by atoms with E-state index in [1.54, 1.807) is 12.1 Å². The van der Waals surface area contributed by atoms with Gasteiger partial charge in [0.15, 0.2) is 5.82 Å². The number of hydrogen-bond acceptors (Lipinski definition) is 6. The molecule has 2 aliphatic rings. The molecule has 2 aromatic heterocycles. The van der Waals surface area contributed by atoms with Crippen molar-refractivity contribution < 1.29 is 18.6 Å². The lowest BCUT2D eigenvalue weighted by molar-refractivity contribution is 0.107. The van der Waals surface area contributed by atoms with Gasteiger partial charge in [-0.05, 0) is 30.8 Å². The Morgan fingerprint density at radius 1 is 1.23 bits per heavy atom. The number of hydrogen-bond donors (Lipinski definition) is 1. The van der Waals surface area contributed by atoms with E-state index in [0.717, 1.165) is 24.8 Å². The fourth-order valence-electron chi connectivity index (χ4n) is 5.58. The van der Waals surface area contributed by atoms with Crippen molar-refractivity contribution in [3.05, 3.63) is 54.0 Å². The average Bonchev–Trinajstić information content (AvgIpc) is 3.38. The maximum atomic E-state index is 15.9. The van der Waals surface area contributed by atoms with E-state index in [0.29, 0.717) is 29.5 Å². The SMILES string of the molecule is C#Cc1cccc2cccc(-c3ncc4c(O)nc(OC[C@@]56CCCN5C[C@H](F)C6)nc4c3F)c12. The molecule has 0 amide bonds. The Balaban J connectivity index is 1.42. The van der Waals surface area contributed by atoms with Crippen LogP contribution in [0.4, 0.5) is 8.78 Å². The van der Waals surface area contributed by atoms with E-state index in [1.165, 1.54) is 6.20 Å². The van der Waals surface area contributed by atoms with Crippen LogP contribution in [0.3, 0.4) is 0 Å². The molecule has 6 nitrogen and oxygen atoms in total. The van der Waals surface area contributed by atoms with Crippen molar-refractivity contribution in [2.75, 3.05) is 19.7 Å². The van der Waals surface area contributed by atoms with Crippen LogP contribution < -0.4 is 4.74 Å². The zero-order valence-corrected chi connectivity index (χ0v) is 18.8. The standard InChI is InChI=1S/C27H22F2N4O2/c1-2-16-6-3-7-17-8-4-9-19(21(16)17)23-22(29)24-20(13-30-23)25(34)32-26(31-24)35-15-27-10-5-11-33(27)14-18(28)12-27/h1,3-4,6-9,13,18H,5,10-12,14-15H2,(H,31,32,34)/t18-,27+/m1/s1. The summed E-state index contributed by atoms with van der Waals surface area (Å²) in [6, 6.07) is 10.8. The van der Waals surface area contributed by atoms with Crippen LogP contribution in [-0.2, 0) is 0 Å². The molecule has 2 atom stereocenters. The molecule has 176 valence electrons. The molecule has 2 aromatic carbocycles. The Bertz CT molecular complexity index is 1510. The van der Waals surface area contributed by atoms with E-state index in [2.05, 4.69) is 25.8 Å². The van der Waals surface area contributed by atoms with Crippen LogP contribution in [0.2, 0.25) is 0 Å². The van der Waals surface area contributed by atoms with Gasteiger partial charge in [-0.3, -0.25) is 9.88 Å². The molecule has 0 spiro atoms. The Morgan fingerprint density at radius 3 is 2.89 bits per heavy atom. The highest BCUT2D eigenvalue weighted by atomic mass is 19.1. The predicted octanol–water partition coefficient (Wildman–Crippen LogP) is 4.63. The van der Waals surface area contributed by atoms with Crippen molar-refractivity contribution in [3.63, 3.8) is 0 Å². The summed E-state index contributed by atoms with van der Waals surface area (Å²) in [5.41, 5.74) is 0.687. The first kappa shape index (κ1) is 21.7. The summed E-state index contributed by atoms with van der Waals surface area (Å²) in [6.07, 6.45) is 8.30. The van der Waals surface area contributed by atoms with E-state index < -0.39 is 23.4 Å². The second-order valence-electron chi connectivity index (χ2n) is 9.23. The third-order valence-corrected chi connectivity index (χ3v) is 7.19. The van der Waals surface area contributed by atoms with Crippen LogP contribution in [-0.4, -0.2) is 56.4 Å². The van der Waals surface area contributed by atoms with Crippen LogP contribution in [0, 0.1) is 18.2 Å². The van der Waals surface area contributed by atoms with Crippen molar-refractivity contribution in [1.82, 2.24) is 19.9 Å². The summed E-state index contributed by atoms with van der Waals surface area (Å²) >= 11 is 0. The van der Waals surface area contributed by atoms with Crippen molar-refractivity contribution >= 4 is 21.7 Å². The first-order valence-corrected chi connectivity index (χ1v) is 11.5. The third-order valence-electron chi connectivity index (χ3n) is 7.19. The number of benzene rings is 2. The fraction of sp³-hybridized carbons (Fsp3) is 0.296. The minimum atomic E-state index is -0.899. The van der Waals surface area contributed by atoms with Crippen molar-refractivity contribution in [2.24, 2.45) is 0 Å². The van der Waals surface area contributed by atoms with Gasteiger partial charge in [0.2, 0.25) is 5.88 Å². The molecule has 0 radical (unpaired) electrons. The van der Waals surface area contributed by atoms with Gasteiger partial charge in [0.25, 0.3) is 0 Å². The maximum absolute atomic E-state index is 15.9. The normalized spacial score (nSPS) is 21.9. The van der Waals surface area contributed by atoms with Gasteiger partial charge in [0.1, 0.15) is 24.0 Å². The number of ether oxygens (including phenoxy) is 1. The van der Waals surface area contributed by atoms with Gasteiger partial charge in [-0.25, -0.2) is 8.78 Å². The predicted molar refractivity (Wildman–Crippen MR) is 128 cm³/mol. The van der Waals surface area contributed by atoms with Crippen molar-refractivity contribution in [3.8, 4) is 35.5 Å². The summed E-state index contributed by atoms with van der Waals surface area (Å²) in [4.78, 5) is 14.6. The van der Waals surface area contributed by atoms with Crippen LogP contribution in [0.1, 0.15) is 24.8 Å². The Morgan fingerprint density at radius 2 is 2.06 bits per heavy atom. The van der Waals surface area contributed by atoms with E-state index in [-0.39, 0.29) is 29.2 Å². The molecule has 6 rings (SSSR count). The smallest absolute Gasteiger partial charge is 0.320 e. The molecule has 2 fully saturated rings. The average molecular weight is 472 g/mol. The molecule has 4 heterocycles. The fourth-order valence-corrected chi connectivity index (χ4v) is 5.58. The Labute approximate surface area is 200 Å². The quantitative estimate of drug-likeness (QED) is 0.437. The summed E-state index contributed by atoms with van der Waals surface area (Å²) in [5.74, 6) is 1.51. The topological polar surface area (TPSA) is 71.4 Å².